The van der Waals surface area contributed by atoms with Crippen molar-refractivity contribution in [2.45, 2.75) is 35.6 Å². The number of benzene rings is 1. The zero-order chi connectivity index (χ0) is 15.0. The van der Waals surface area contributed by atoms with Crippen LogP contribution in [0.15, 0.2) is 29.2 Å². The van der Waals surface area contributed by atoms with Gasteiger partial charge in [0.2, 0.25) is 0 Å². The standard InChI is InChI=1S/C13H16F3NO2S/c1-12(5-7-17-8-6-12)20(18,19)11-4-2-3-10(9-11)13(14,15)16/h2-4,9,17H,5-8H2,1H3. The van der Waals surface area contributed by atoms with Crippen LogP contribution in [0, 0.1) is 0 Å². The third-order valence-electron chi connectivity index (χ3n) is 3.78. The third-order valence-corrected chi connectivity index (χ3v) is 6.36. The molecule has 0 spiro atoms. The Kier molecular flexibility index (Phi) is 3.85. The highest BCUT2D eigenvalue weighted by atomic mass is 32.2. The van der Waals surface area contributed by atoms with Gasteiger partial charge in [-0.1, -0.05) is 6.07 Å². The van der Waals surface area contributed by atoms with Gasteiger partial charge in [0.25, 0.3) is 0 Å². The van der Waals surface area contributed by atoms with Crippen molar-refractivity contribution in [1.82, 2.24) is 5.32 Å². The number of hydrogen-bond donors (Lipinski definition) is 1. The first-order chi connectivity index (χ1) is 9.17. The highest BCUT2D eigenvalue weighted by Crippen LogP contribution is 2.36. The lowest BCUT2D eigenvalue weighted by molar-refractivity contribution is -0.137. The number of rotatable bonds is 2. The van der Waals surface area contributed by atoms with Gasteiger partial charge in [0.1, 0.15) is 0 Å². The molecule has 0 bridgehead atoms. The predicted octanol–water partition coefficient (Wildman–Crippen LogP) is 2.62. The van der Waals surface area contributed by atoms with Gasteiger partial charge in [0, 0.05) is 0 Å². The third kappa shape index (κ3) is 2.69. The minimum absolute atomic E-state index is 0.253. The molecule has 1 aromatic carbocycles. The predicted molar refractivity (Wildman–Crippen MR) is 69.1 cm³/mol. The van der Waals surface area contributed by atoms with Gasteiger partial charge in [0.15, 0.2) is 9.84 Å². The lowest BCUT2D eigenvalue weighted by Crippen LogP contribution is -2.45. The molecule has 1 aliphatic rings. The highest BCUT2D eigenvalue weighted by Gasteiger charge is 2.42. The van der Waals surface area contributed by atoms with Crippen molar-refractivity contribution in [1.29, 1.82) is 0 Å². The summed E-state index contributed by atoms with van der Waals surface area (Å²) in [5, 5.41) is 3.05. The molecule has 0 amide bonds. The van der Waals surface area contributed by atoms with Crippen molar-refractivity contribution < 1.29 is 21.6 Å². The number of nitrogens with one attached hydrogen (secondary N) is 1. The number of sulfone groups is 1. The van der Waals surface area contributed by atoms with Crippen LogP contribution in [0.3, 0.4) is 0 Å². The van der Waals surface area contributed by atoms with Crippen molar-refractivity contribution in [3.05, 3.63) is 29.8 Å². The molecular weight excluding hydrogens is 291 g/mol. The fourth-order valence-electron chi connectivity index (χ4n) is 2.35. The molecule has 1 saturated heterocycles. The Bertz CT molecular complexity index is 590. The van der Waals surface area contributed by atoms with Crippen LogP contribution in [0.1, 0.15) is 25.3 Å². The zero-order valence-corrected chi connectivity index (χ0v) is 11.8. The summed E-state index contributed by atoms with van der Waals surface area (Å²) in [6, 6.07) is 3.98. The molecule has 0 aliphatic carbocycles. The van der Waals surface area contributed by atoms with Crippen LogP contribution < -0.4 is 5.32 Å². The van der Waals surface area contributed by atoms with Crippen LogP contribution in [0.5, 0.6) is 0 Å². The minimum atomic E-state index is -4.54. The van der Waals surface area contributed by atoms with Crippen molar-refractivity contribution in [2.24, 2.45) is 0 Å². The molecule has 0 radical (unpaired) electrons. The van der Waals surface area contributed by atoms with Crippen molar-refractivity contribution in [3.8, 4) is 0 Å². The summed E-state index contributed by atoms with van der Waals surface area (Å²) in [7, 11) is -3.78. The van der Waals surface area contributed by atoms with Crippen LogP contribution in [-0.4, -0.2) is 26.3 Å². The minimum Gasteiger partial charge on any atom is -0.317 e. The van der Waals surface area contributed by atoms with Gasteiger partial charge in [-0.15, -0.1) is 0 Å². The molecular formula is C13H16F3NO2S. The van der Waals surface area contributed by atoms with E-state index in [1.165, 1.54) is 6.07 Å². The maximum atomic E-state index is 12.7. The first-order valence-corrected chi connectivity index (χ1v) is 7.78. The van der Waals surface area contributed by atoms with Crippen LogP contribution in [0.2, 0.25) is 0 Å². The quantitative estimate of drug-likeness (QED) is 0.913. The zero-order valence-electron chi connectivity index (χ0n) is 11.0. The second-order valence-electron chi connectivity index (χ2n) is 5.23. The van der Waals surface area contributed by atoms with Gasteiger partial charge in [-0.2, -0.15) is 13.2 Å². The Balaban J connectivity index is 2.44. The molecule has 0 aromatic heterocycles. The number of hydrogen-bond acceptors (Lipinski definition) is 3. The molecule has 1 aromatic rings. The Hall–Kier alpha value is -1.08. The SMILES string of the molecule is CC1(S(=O)(=O)c2cccc(C(F)(F)F)c2)CCNCC1. The fourth-order valence-corrected chi connectivity index (χ4v) is 4.20. The second-order valence-corrected chi connectivity index (χ2v) is 7.69. The fraction of sp³-hybridized carbons (Fsp3) is 0.538. The first kappa shape index (κ1) is 15.3. The second kappa shape index (κ2) is 5.04. The van der Waals surface area contributed by atoms with Gasteiger partial charge in [-0.05, 0) is 51.1 Å². The van der Waals surface area contributed by atoms with E-state index in [9.17, 15) is 21.6 Å². The Morgan fingerprint density at radius 1 is 1.20 bits per heavy atom. The van der Waals surface area contributed by atoms with E-state index < -0.39 is 26.3 Å². The molecule has 1 heterocycles. The van der Waals surface area contributed by atoms with E-state index in [2.05, 4.69) is 5.32 Å². The summed E-state index contributed by atoms with van der Waals surface area (Å²) in [6.45, 7) is 2.70. The molecule has 2 rings (SSSR count). The first-order valence-electron chi connectivity index (χ1n) is 6.29. The monoisotopic (exact) mass is 307 g/mol. The summed E-state index contributed by atoms with van der Waals surface area (Å²) in [4.78, 5) is -0.253. The normalized spacial score (nSPS) is 19.8. The van der Waals surface area contributed by atoms with Crippen molar-refractivity contribution in [2.75, 3.05) is 13.1 Å². The van der Waals surface area contributed by atoms with Crippen molar-refractivity contribution >= 4 is 9.84 Å². The molecule has 1 aliphatic heterocycles. The summed E-state index contributed by atoms with van der Waals surface area (Å²) in [5.74, 6) is 0. The summed E-state index contributed by atoms with van der Waals surface area (Å²) >= 11 is 0. The molecule has 7 heteroatoms. The van der Waals surface area contributed by atoms with E-state index in [0.29, 0.717) is 25.9 Å². The van der Waals surface area contributed by atoms with Crippen LogP contribution in [0.4, 0.5) is 13.2 Å². The Morgan fingerprint density at radius 3 is 2.35 bits per heavy atom. The molecule has 112 valence electrons. The highest BCUT2D eigenvalue weighted by molar-refractivity contribution is 7.92. The molecule has 1 fully saturated rings. The van der Waals surface area contributed by atoms with Gasteiger partial charge in [-0.25, -0.2) is 8.42 Å². The molecule has 3 nitrogen and oxygen atoms in total. The van der Waals surface area contributed by atoms with E-state index in [4.69, 9.17) is 0 Å². The summed E-state index contributed by atoms with van der Waals surface area (Å²) < 4.78 is 62.2. The average Bonchev–Trinajstić information content (AvgIpc) is 2.38. The molecule has 0 unspecified atom stereocenters. The summed E-state index contributed by atoms with van der Waals surface area (Å²) in [6.07, 6.45) is -3.75. The number of halogens is 3. The molecule has 0 saturated carbocycles. The number of alkyl halides is 3. The van der Waals surface area contributed by atoms with Gasteiger partial charge < -0.3 is 5.32 Å². The summed E-state index contributed by atoms with van der Waals surface area (Å²) in [5.41, 5.74) is -0.934. The lowest BCUT2D eigenvalue weighted by atomic mass is 10.00. The maximum Gasteiger partial charge on any atom is 0.416 e. The number of piperidine rings is 1. The van der Waals surface area contributed by atoms with E-state index >= 15 is 0 Å². The van der Waals surface area contributed by atoms with Crippen LogP contribution in [-0.2, 0) is 16.0 Å². The Labute approximate surface area is 116 Å². The van der Waals surface area contributed by atoms with E-state index in [1.807, 2.05) is 0 Å². The largest absolute Gasteiger partial charge is 0.416 e. The maximum absolute atomic E-state index is 12.7. The average molecular weight is 307 g/mol. The topological polar surface area (TPSA) is 46.2 Å². The molecule has 0 atom stereocenters. The Morgan fingerprint density at radius 2 is 1.80 bits per heavy atom. The van der Waals surface area contributed by atoms with Crippen molar-refractivity contribution in [3.63, 3.8) is 0 Å². The van der Waals surface area contributed by atoms with Gasteiger partial charge in [-0.3, -0.25) is 0 Å². The smallest absolute Gasteiger partial charge is 0.317 e. The van der Waals surface area contributed by atoms with E-state index in [1.54, 1.807) is 6.92 Å². The van der Waals surface area contributed by atoms with Gasteiger partial charge in [0.05, 0.1) is 15.2 Å². The van der Waals surface area contributed by atoms with Crippen LogP contribution in [0.25, 0.3) is 0 Å². The molecule has 1 N–H and O–H groups in total. The van der Waals surface area contributed by atoms with Gasteiger partial charge >= 0.3 is 6.18 Å². The molecule has 20 heavy (non-hydrogen) atoms. The van der Waals surface area contributed by atoms with E-state index in [-0.39, 0.29) is 4.90 Å². The lowest BCUT2D eigenvalue weighted by Gasteiger charge is -2.33. The van der Waals surface area contributed by atoms with Crippen LogP contribution >= 0.6 is 0 Å². The van der Waals surface area contributed by atoms with E-state index in [0.717, 1.165) is 18.2 Å².